The van der Waals surface area contributed by atoms with Crippen molar-refractivity contribution >= 4 is 0 Å². The van der Waals surface area contributed by atoms with Crippen LogP contribution in [-0.4, -0.2) is 21.8 Å². The molecule has 0 bridgehead atoms. The molecule has 1 atom stereocenters. The second-order valence-corrected chi connectivity index (χ2v) is 7.69. The summed E-state index contributed by atoms with van der Waals surface area (Å²) in [5.74, 6) is -0.398. The summed E-state index contributed by atoms with van der Waals surface area (Å²) in [5.41, 5.74) is 3.05. The minimum Gasteiger partial charge on any atom is -0.485 e. The molecule has 1 unspecified atom stereocenters. The molecule has 3 heterocycles. The molecule has 1 aliphatic heterocycles. The summed E-state index contributed by atoms with van der Waals surface area (Å²) < 4.78 is 64.7. The third-order valence-corrected chi connectivity index (χ3v) is 5.36. The Morgan fingerprint density at radius 1 is 0.970 bits per heavy atom. The van der Waals surface area contributed by atoms with Gasteiger partial charge < -0.3 is 9.47 Å². The number of benzene rings is 2. The molecule has 2 aromatic heterocycles. The van der Waals surface area contributed by atoms with Gasteiger partial charge in [-0.25, -0.2) is 4.39 Å². The molecule has 1 N–H and O–H groups in total. The van der Waals surface area contributed by atoms with Crippen molar-refractivity contribution in [2.75, 3.05) is 6.61 Å². The molecule has 0 amide bonds. The van der Waals surface area contributed by atoms with Crippen LogP contribution >= 0.6 is 0 Å². The van der Waals surface area contributed by atoms with E-state index in [1.165, 1.54) is 18.2 Å². The number of halogens is 4. The minimum atomic E-state index is -4.43. The first-order chi connectivity index (χ1) is 15.9. The lowest BCUT2D eigenvalue weighted by Crippen LogP contribution is -2.22. The molecule has 0 spiro atoms. The van der Waals surface area contributed by atoms with Gasteiger partial charge >= 0.3 is 6.18 Å². The van der Waals surface area contributed by atoms with Crippen LogP contribution in [0.2, 0.25) is 0 Å². The molecule has 5 nitrogen and oxygen atoms in total. The highest BCUT2D eigenvalue weighted by Gasteiger charge is 2.31. The summed E-state index contributed by atoms with van der Waals surface area (Å²) in [6.45, 7) is 0.0544. The summed E-state index contributed by atoms with van der Waals surface area (Å²) in [7, 11) is 0. The Bertz CT molecular complexity index is 1270. The summed E-state index contributed by atoms with van der Waals surface area (Å²) in [4.78, 5) is 4.25. The van der Waals surface area contributed by atoms with E-state index < -0.39 is 23.7 Å². The highest BCUT2D eigenvalue weighted by molar-refractivity contribution is 5.61. The maximum atomic E-state index is 14.9. The van der Waals surface area contributed by atoms with Gasteiger partial charge in [0.25, 0.3) is 0 Å². The fourth-order valence-electron chi connectivity index (χ4n) is 3.72. The van der Waals surface area contributed by atoms with Gasteiger partial charge in [0.1, 0.15) is 6.61 Å². The van der Waals surface area contributed by atoms with Crippen molar-refractivity contribution in [3.05, 3.63) is 95.3 Å². The lowest BCUT2D eigenvalue weighted by Gasteiger charge is -2.27. The smallest absolute Gasteiger partial charge is 0.416 e. The van der Waals surface area contributed by atoms with Crippen LogP contribution in [0.3, 0.4) is 0 Å². The normalized spacial score (nSPS) is 15.5. The van der Waals surface area contributed by atoms with Gasteiger partial charge in [0.15, 0.2) is 23.4 Å². The molecule has 0 saturated heterocycles. The largest absolute Gasteiger partial charge is 0.485 e. The Morgan fingerprint density at radius 3 is 2.52 bits per heavy atom. The van der Waals surface area contributed by atoms with E-state index in [1.54, 1.807) is 30.9 Å². The molecule has 1 aliphatic rings. The number of nitrogens with one attached hydrogen (secondary N) is 1. The van der Waals surface area contributed by atoms with E-state index in [-0.39, 0.29) is 18.1 Å². The number of hydrogen-bond donors (Lipinski definition) is 1. The number of aromatic amines is 1. The molecule has 0 fully saturated rings. The van der Waals surface area contributed by atoms with Gasteiger partial charge in [-0.15, -0.1) is 0 Å². The molecule has 0 aliphatic carbocycles. The Labute approximate surface area is 186 Å². The van der Waals surface area contributed by atoms with Crippen LogP contribution in [0.1, 0.15) is 28.4 Å². The predicted octanol–water partition coefficient (Wildman–Crippen LogP) is 5.73. The molecule has 33 heavy (non-hydrogen) atoms. The standard InChI is InChI=1S/C24H17F4N3O2/c25-20-7-14(5-15-6-17(10-29-9-15)18-11-30-31-12-18)8-21-23(20)33-22(13-32-21)16-1-3-19(4-2-16)24(26,27)28/h1-4,6-12,22H,5,13H2,(H,30,31). The van der Waals surface area contributed by atoms with Crippen molar-refractivity contribution in [2.45, 2.75) is 18.7 Å². The lowest BCUT2D eigenvalue weighted by atomic mass is 10.0. The Kier molecular flexibility index (Phi) is 5.24. The summed E-state index contributed by atoms with van der Waals surface area (Å²) in [5, 5.41) is 6.69. The van der Waals surface area contributed by atoms with E-state index >= 15 is 0 Å². The van der Waals surface area contributed by atoms with Gasteiger partial charge in [-0.3, -0.25) is 10.1 Å². The first-order valence-corrected chi connectivity index (χ1v) is 10.1. The first-order valence-electron chi connectivity index (χ1n) is 10.1. The molecule has 2 aromatic carbocycles. The van der Waals surface area contributed by atoms with Crippen LogP contribution in [0.5, 0.6) is 11.5 Å². The van der Waals surface area contributed by atoms with Gasteiger partial charge in [0.2, 0.25) is 0 Å². The van der Waals surface area contributed by atoms with Crippen LogP contribution < -0.4 is 9.47 Å². The monoisotopic (exact) mass is 455 g/mol. The number of rotatable bonds is 4. The van der Waals surface area contributed by atoms with Crippen molar-refractivity contribution in [3.8, 4) is 22.6 Å². The summed E-state index contributed by atoms with van der Waals surface area (Å²) >= 11 is 0. The van der Waals surface area contributed by atoms with E-state index in [9.17, 15) is 17.6 Å². The third kappa shape index (κ3) is 4.39. The Morgan fingerprint density at radius 2 is 1.79 bits per heavy atom. The van der Waals surface area contributed by atoms with E-state index in [0.717, 1.165) is 28.8 Å². The maximum absolute atomic E-state index is 14.9. The zero-order valence-electron chi connectivity index (χ0n) is 17.1. The Hall–Kier alpha value is -3.88. The SMILES string of the molecule is Fc1cc(Cc2cncc(-c3cn[nH]c3)c2)cc2c1OC(c1ccc(C(F)(F)F)cc1)CO2. The lowest BCUT2D eigenvalue weighted by molar-refractivity contribution is -0.137. The van der Waals surface area contributed by atoms with E-state index in [4.69, 9.17) is 9.47 Å². The van der Waals surface area contributed by atoms with Crippen LogP contribution in [0, 0.1) is 5.82 Å². The van der Waals surface area contributed by atoms with Crippen molar-refractivity contribution in [1.82, 2.24) is 15.2 Å². The van der Waals surface area contributed by atoms with Crippen LogP contribution in [0.15, 0.2) is 67.3 Å². The van der Waals surface area contributed by atoms with E-state index in [1.807, 2.05) is 6.07 Å². The van der Waals surface area contributed by atoms with Crippen molar-refractivity contribution < 1.29 is 27.0 Å². The average Bonchev–Trinajstić information content (AvgIpc) is 3.34. The fourth-order valence-corrected chi connectivity index (χ4v) is 3.72. The van der Waals surface area contributed by atoms with Crippen molar-refractivity contribution in [1.29, 1.82) is 0 Å². The highest BCUT2D eigenvalue weighted by atomic mass is 19.4. The number of nitrogens with zero attached hydrogens (tertiary/aromatic N) is 2. The number of H-pyrrole nitrogens is 1. The summed E-state index contributed by atoms with van der Waals surface area (Å²) in [6, 6.07) is 9.59. The molecular formula is C24H17F4N3O2. The number of hydrogen-bond acceptors (Lipinski definition) is 4. The van der Waals surface area contributed by atoms with Gasteiger partial charge in [-0.1, -0.05) is 12.1 Å². The Balaban J connectivity index is 1.34. The van der Waals surface area contributed by atoms with Crippen molar-refractivity contribution in [3.63, 3.8) is 0 Å². The molecule has 5 rings (SSSR count). The highest BCUT2D eigenvalue weighted by Crippen LogP contribution is 2.40. The molecule has 168 valence electrons. The first kappa shape index (κ1) is 21.0. The van der Waals surface area contributed by atoms with Crippen LogP contribution in [-0.2, 0) is 12.6 Å². The second kappa shape index (κ2) is 8.23. The van der Waals surface area contributed by atoms with Crippen LogP contribution in [0.25, 0.3) is 11.1 Å². The van der Waals surface area contributed by atoms with E-state index in [2.05, 4.69) is 15.2 Å². The van der Waals surface area contributed by atoms with Crippen molar-refractivity contribution in [2.24, 2.45) is 0 Å². The molecule has 0 saturated carbocycles. The molecule has 0 radical (unpaired) electrons. The predicted molar refractivity (Wildman–Crippen MR) is 111 cm³/mol. The fraction of sp³-hybridized carbons (Fsp3) is 0.167. The maximum Gasteiger partial charge on any atom is 0.416 e. The number of aromatic nitrogens is 3. The minimum absolute atomic E-state index is 0.0544. The molecular weight excluding hydrogens is 438 g/mol. The third-order valence-electron chi connectivity index (χ3n) is 5.36. The number of alkyl halides is 3. The topological polar surface area (TPSA) is 60.0 Å². The van der Waals surface area contributed by atoms with E-state index in [0.29, 0.717) is 17.5 Å². The van der Waals surface area contributed by atoms with Crippen LogP contribution in [0.4, 0.5) is 17.6 Å². The summed E-state index contributed by atoms with van der Waals surface area (Å²) in [6.07, 6.45) is 2.17. The zero-order chi connectivity index (χ0) is 23.0. The van der Waals surface area contributed by atoms with Gasteiger partial charge in [-0.2, -0.15) is 18.3 Å². The zero-order valence-corrected chi connectivity index (χ0v) is 17.1. The quantitative estimate of drug-likeness (QED) is 0.399. The average molecular weight is 455 g/mol. The second-order valence-electron chi connectivity index (χ2n) is 7.69. The van der Waals surface area contributed by atoms with Gasteiger partial charge in [0, 0.05) is 29.7 Å². The molecule has 9 heteroatoms. The number of ether oxygens (including phenoxy) is 2. The van der Waals surface area contributed by atoms with Gasteiger partial charge in [-0.05, 0) is 53.4 Å². The molecule has 4 aromatic rings. The number of pyridine rings is 1. The van der Waals surface area contributed by atoms with Gasteiger partial charge in [0.05, 0.1) is 11.8 Å². The number of fused-ring (bicyclic) bond motifs is 1.